The zero-order chi connectivity index (χ0) is 26.2. The zero-order valence-corrected chi connectivity index (χ0v) is 20.7. The molecule has 1 amide bonds. The van der Waals surface area contributed by atoms with Gasteiger partial charge in [-0.25, -0.2) is 9.59 Å². The zero-order valence-electron chi connectivity index (χ0n) is 19.9. The average molecular weight is 515 g/mol. The Kier molecular flexibility index (Phi) is 8.96. The Labute approximate surface area is 213 Å². The molecule has 1 heterocycles. The van der Waals surface area contributed by atoms with Crippen LogP contribution in [0.25, 0.3) is 0 Å². The number of hydrogen-bond acceptors (Lipinski definition) is 9. The number of nitrogens with zero attached hydrogens (tertiary/aromatic N) is 1. The van der Waals surface area contributed by atoms with Crippen molar-refractivity contribution in [1.82, 2.24) is 4.90 Å². The summed E-state index contributed by atoms with van der Waals surface area (Å²) in [6, 6.07) is 9.37. The molecule has 190 valence electrons. The van der Waals surface area contributed by atoms with Crippen LogP contribution in [0.1, 0.15) is 45.7 Å². The number of esters is 2. The lowest BCUT2D eigenvalue weighted by molar-refractivity contribution is -0.146. The van der Waals surface area contributed by atoms with Crippen molar-refractivity contribution in [3.63, 3.8) is 0 Å². The first-order chi connectivity index (χ1) is 17.2. The number of Topliss-reactive ketones (excluding diaryl/α,β-unsaturated/α-hetero) is 1. The number of ketones is 1. The van der Waals surface area contributed by atoms with Gasteiger partial charge in [0.25, 0.3) is 5.91 Å². The van der Waals surface area contributed by atoms with Crippen LogP contribution in [0.15, 0.2) is 36.4 Å². The van der Waals surface area contributed by atoms with Crippen LogP contribution in [0.3, 0.4) is 0 Å². The standard InChI is InChI=1S/C25H26N2O8S/c1-3-32-22(29)13-34-17-6-8-19(21(10-17)35-14-23(30)33-4-2)20(28)12-27-11-16-9-15(24(26)36)5-7-18(16)25(27)31/h5-10H,3-4,11-14H2,1-2H3,(H2,26,36). The monoisotopic (exact) mass is 514 g/mol. The van der Waals surface area contributed by atoms with E-state index in [0.717, 1.165) is 5.56 Å². The highest BCUT2D eigenvalue weighted by Gasteiger charge is 2.30. The molecule has 0 saturated carbocycles. The molecule has 11 heteroatoms. The molecule has 3 rings (SSSR count). The molecule has 0 fully saturated rings. The average Bonchev–Trinajstić information content (AvgIpc) is 3.16. The van der Waals surface area contributed by atoms with Gasteiger partial charge in [0.2, 0.25) is 0 Å². The molecule has 1 aliphatic heterocycles. The van der Waals surface area contributed by atoms with Crippen molar-refractivity contribution < 1.29 is 38.1 Å². The van der Waals surface area contributed by atoms with Gasteiger partial charge in [0.1, 0.15) is 16.5 Å². The molecule has 0 aliphatic carbocycles. The Hall–Kier alpha value is -3.99. The van der Waals surface area contributed by atoms with E-state index in [1.54, 1.807) is 32.0 Å². The van der Waals surface area contributed by atoms with Crippen molar-refractivity contribution in [2.75, 3.05) is 33.0 Å². The first kappa shape index (κ1) is 26.6. The van der Waals surface area contributed by atoms with Gasteiger partial charge in [-0.3, -0.25) is 9.59 Å². The minimum absolute atomic E-state index is 0.0503. The SMILES string of the molecule is CCOC(=O)COc1ccc(C(=O)CN2Cc3cc(C(N)=S)ccc3C2=O)c(OCC(=O)OCC)c1. The van der Waals surface area contributed by atoms with Crippen LogP contribution < -0.4 is 15.2 Å². The summed E-state index contributed by atoms with van der Waals surface area (Å²) in [5.74, 6) is -1.61. The number of hydrogen-bond donors (Lipinski definition) is 1. The van der Waals surface area contributed by atoms with Crippen molar-refractivity contribution in [1.29, 1.82) is 0 Å². The molecule has 0 unspecified atom stereocenters. The molecule has 0 radical (unpaired) electrons. The third-order valence-electron chi connectivity index (χ3n) is 5.17. The van der Waals surface area contributed by atoms with Crippen molar-refractivity contribution in [3.05, 3.63) is 58.7 Å². The lowest BCUT2D eigenvalue weighted by Gasteiger charge is -2.17. The predicted molar refractivity (Wildman–Crippen MR) is 132 cm³/mol. The minimum Gasteiger partial charge on any atom is -0.482 e. The van der Waals surface area contributed by atoms with Crippen LogP contribution in [0, 0.1) is 0 Å². The number of carbonyl (C=O) groups is 4. The Balaban J connectivity index is 1.77. The highest BCUT2D eigenvalue weighted by Crippen LogP contribution is 2.28. The highest BCUT2D eigenvalue weighted by molar-refractivity contribution is 7.80. The molecule has 2 aromatic rings. The van der Waals surface area contributed by atoms with Crippen molar-refractivity contribution >= 4 is 40.8 Å². The molecule has 0 saturated heterocycles. The molecule has 0 aromatic heterocycles. The molecule has 36 heavy (non-hydrogen) atoms. The van der Waals surface area contributed by atoms with Gasteiger partial charge >= 0.3 is 11.9 Å². The fraction of sp³-hybridized carbons (Fsp3) is 0.320. The second kappa shape index (κ2) is 12.1. The van der Waals surface area contributed by atoms with Crippen LogP contribution in [0.4, 0.5) is 0 Å². The van der Waals surface area contributed by atoms with E-state index in [1.807, 2.05) is 0 Å². The van der Waals surface area contributed by atoms with E-state index in [4.69, 9.17) is 36.9 Å². The van der Waals surface area contributed by atoms with E-state index in [0.29, 0.717) is 11.1 Å². The molecule has 0 spiro atoms. The predicted octanol–water partition coefficient (Wildman–Crippen LogP) is 2.04. The minimum atomic E-state index is -0.618. The van der Waals surface area contributed by atoms with E-state index in [1.165, 1.54) is 23.1 Å². The van der Waals surface area contributed by atoms with Gasteiger partial charge in [-0.2, -0.15) is 0 Å². The van der Waals surface area contributed by atoms with Gasteiger partial charge in [-0.05, 0) is 43.7 Å². The van der Waals surface area contributed by atoms with E-state index >= 15 is 0 Å². The smallest absolute Gasteiger partial charge is 0.344 e. The second-order valence-corrected chi connectivity index (χ2v) is 8.11. The molecule has 2 N–H and O–H groups in total. The summed E-state index contributed by atoms with van der Waals surface area (Å²) >= 11 is 5.00. The summed E-state index contributed by atoms with van der Waals surface area (Å²) in [7, 11) is 0. The largest absolute Gasteiger partial charge is 0.482 e. The van der Waals surface area contributed by atoms with Crippen molar-refractivity contribution in [3.8, 4) is 11.5 Å². The maximum atomic E-state index is 13.2. The summed E-state index contributed by atoms with van der Waals surface area (Å²) in [4.78, 5) is 51.0. The summed E-state index contributed by atoms with van der Waals surface area (Å²) in [6.07, 6.45) is 0. The number of amides is 1. The maximum Gasteiger partial charge on any atom is 0.344 e. The first-order valence-corrected chi connectivity index (χ1v) is 11.6. The van der Waals surface area contributed by atoms with Gasteiger partial charge in [0, 0.05) is 23.7 Å². The molecular formula is C25H26N2O8S. The third-order valence-corrected chi connectivity index (χ3v) is 5.41. The quantitative estimate of drug-likeness (QED) is 0.255. The van der Waals surface area contributed by atoms with Crippen LogP contribution in [0.2, 0.25) is 0 Å². The van der Waals surface area contributed by atoms with E-state index < -0.39 is 24.3 Å². The number of rotatable bonds is 12. The summed E-state index contributed by atoms with van der Waals surface area (Å²) in [5.41, 5.74) is 7.65. The first-order valence-electron chi connectivity index (χ1n) is 11.2. The van der Waals surface area contributed by atoms with E-state index in [9.17, 15) is 19.2 Å². The van der Waals surface area contributed by atoms with Gasteiger partial charge in [0.15, 0.2) is 19.0 Å². The van der Waals surface area contributed by atoms with Crippen LogP contribution in [-0.4, -0.2) is 66.5 Å². The fourth-order valence-electron chi connectivity index (χ4n) is 3.55. The van der Waals surface area contributed by atoms with Gasteiger partial charge < -0.3 is 29.6 Å². The van der Waals surface area contributed by atoms with Crippen LogP contribution in [0.5, 0.6) is 11.5 Å². The van der Waals surface area contributed by atoms with Crippen molar-refractivity contribution in [2.24, 2.45) is 5.73 Å². The molecule has 0 bridgehead atoms. The van der Waals surface area contributed by atoms with Gasteiger partial charge in [0.05, 0.1) is 25.3 Å². The number of thiocarbonyl (C=S) groups is 1. The van der Waals surface area contributed by atoms with Gasteiger partial charge in [-0.15, -0.1) is 0 Å². The number of fused-ring (bicyclic) bond motifs is 1. The number of carbonyl (C=O) groups excluding carboxylic acids is 4. The van der Waals surface area contributed by atoms with Gasteiger partial charge in [-0.1, -0.05) is 18.3 Å². The Morgan fingerprint density at radius 3 is 2.28 bits per heavy atom. The molecule has 0 atom stereocenters. The highest BCUT2D eigenvalue weighted by atomic mass is 32.1. The molecule has 2 aromatic carbocycles. The van der Waals surface area contributed by atoms with E-state index in [2.05, 4.69) is 0 Å². The number of benzene rings is 2. The second-order valence-electron chi connectivity index (χ2n) is 7.67. The third kappa shape index (κ3) is 6.57. The Bertz CT molecular complexity index is 1200. The van der Waals surface area contributed by atoms with Crippen molar-refractivity contribution in [2.45, 2.75) is 20.4 Å². The summed E-state index contributed by atoms with van der Waals surface area (Å²) < 4.78 is 20.6. The normalized spacial score (nSPS) is 12.1. The molecule has 1 aliphatic rings. The Morgan fingerprint density at radius 2 is 1.64 bits per heavy atom. The lowest BCUT2D eigenvalue weighted by Crippen LogP contribution is -2.30. The maximum absolute atomic E-state index is 13.2. The lowest BCUT2D eigenvalue weighted by atomic mass is 10.1. The molecule has 10 nitrogen and oxygen atoms in total. The van der Waals surface area contributed by atoms with Crippen LogP contribution >= 0.6 is 12.2 Å². The summed E-state index contributed by atoms with van der Waals surface area (Å²) in [5, 5.41) is 0. The topological polar surface area (TPSA) is 134 Å². The van der Waals surface area contributed by atoms with Crippen LogP contribution in [-0.2, 0) is 25.6 Å². The fourth-order valence-corrected chi connectivity index (χ4v) is 3.67. The Morgan fingerprint density at radius 1 is 0.972 bits per heavy atom. The van der Waals surface area contributed by atoms with E-state index in [-0.39, 0.29) is 60.9 Å². The number of ether oxygens (including phenoxy) is 4. The summed E-state index contributed by atoms with van der Waals surface area (Å²) in [6.45, 7) is 2.93. The number of nitrogens with two attached hydrogens (primary N) is 1. The molecular weight excluding hydrogens is 488 g/mol.